The summed E-state index contributed by atoms with van der Waals surface area (Å²) in [6.45, 7) is -0.00492. The van der Waals surface area contributed by atoms with Crippen LogP contribution in [0.25, 0.3) is 0 Å². The topological polar surface area (TPSA) is 247 Å². The zero-order valence-corrected chi connectivity index (χ0v) is 19.1. The normalized spacial score (nSPS) is 41.6. The fraction of sp³-hybridized carbons (Fsp3) is 0.789. The molecular formula is C19H35N5O11. The number of likely N-dealkylation sites (N-methyl/N-ethyl adjacent to an activating group) is 1. The molecule has 202 valence electrons. The molecule has 2 heterocycles. The number of nitrogens with two attached hydrogens (primary N) is 2. The van der Waals surface area contributed by atoms with Gasteiger partial charge in [-0.1, -0.05) is 0 Å². The first kappa shape index (κ1) is 28.1. The summed E-state index contributed by atoms with van der Waals surface area (Å²) in [5.41, 5.74) is 14.3. The highest BCUT2D eigenvalue weighted by Gasteiger charge is 2.49. The van der Waals surface area contributed by atoms with Crippen molar-refractivity contribution in [2.75, 3.05) is 20.2 Å². The molecule has 10 atom stereocenters. The summed E-state index contributed by atoms with van der Waals surface area (Å²) in [5, 5.41) is 61.3. The molecule has 0 aromatic heterocycles. The second-order valence-electron chi connectivity index (χ2n) is 8.46. The van der Waals surface area contributed by atoms with Crippen LogP contribution in [0.2, 0.25) is 0 Å². The zero-order chi connectivity index (χ0) is 25.7. The molecule has 3 aliphatic rings. The number of hydrogen-bond acceptors (Lipinski definition) is 16. The molecule has 0 bridgehead atoms. The number of rotatable bonds is 9. The highest BCUT2D eigenvalue weighted by atomic mass is 17.1. The van der Waals surface area contributed by atoms with Crippen LogP contribution in [0.4, 0.5) is 0 Å². The number of ether oxygens (including phenoxy) is 4. The standard InChI is InChI=1S/C19H35N5O11/c1-22-13-8(6-25)7-31-19(14(13)26)34-17-11(23-28)4-10(21)16(15(17)27)33-18-12(35-24(29)30)3-2-9(5-20)32-18/h2,6,10-19,22-23,25-30H,3-5,7,20-21H2,1H3/b8-6-/t10-,11+,12+,13-,14+,15-,16?,17-,18+,19+/m0/s1. The van der Waals surface area contributed by atoms with Gasteiger partial charge in [-0.15, -0.1) is 0 Å². The molecule has 2 aliphatic heterocycles. The first-order valence-electron chi connectivity index (χ1n) is 11.1. The predicted octanol–water partition coefficient (Wildman–Crippen LogP) is -3.09. The van der Waals surface area contributed by atoms with E-state index < -0.39 is 66.6 Å². The van der Waals surface area contributed by atoms with Gasteiger partial charge in [-0.05, 0) is 19.5 Å². The van der Waals surface area contributed by atoms with Crippen molar-refractivity contribution < 1.29 is 54.7 Å². The first-order chi connectivity index (χ1) is 16.7. The van der Waals surface area contributed by atoms with Crippen LogP contribution >= 0.6 is 0 Å². The molecule has 0 aromatic carbocycles. The average Bonchev–Trinajstić information content (AvgIpc) is 2.84. The summed E-state index contributed by atoms with van der Waals surface area (Å²) in [7, 11) is 1.59. The Labute approximate surface area is 201 Å². The van der Waals surface area contributed by atoms with Crippen LogP contribution in [0.3, 0.4) is 0 Å². The van der Waals surface area contributed by atoms with Crippen LogP contribution in [0.5, 0.6) is 0 Å². The van der Waals surface area contributed by atoms with Gasteiger partial charge in [0, 0.05) is 18.0 Å². The Hall–Kier alpha value is -1.48. The van der Waals surface area contributed by atoms with E-state index in [1.807, 2.05) is 0 Å². The van der Waals surface area contributed by atoms with Crippen LogP contribution in [-0.4, -0.2) is 118 Å². The third kappa shape index (κ3) is 6.45. The minimum atomic E-state index is -1.46. The maximum absolute atomic E-state index is 11.1. The minimum Gasteiger partial charge on any atom is -0.515 e. The summed E-state index contributed by atoms with van der Waals surface area (Å²) in [5.74, 6) is 0.364. The monoisotopic (exact) mass is 509 g/mol. The number of hydroxylamine groups is 1. The molecule has 0 spiro atoms. The fourth-order valence-corrected chi connectivity index (χ4v) is 4.46. The van der Waals surface area contributed by atoms with E-state index in [4.69, 9.17) is 45.7 Å². The van der Waals surface area contributed by atoms with Gasteiger partial charge in [0.15, 0.2) is 6.29 Å². The van der Waals surface area contributed by atoms with E-state index in [0.717, 1.165) is 6.26 Å². The van der Waals surface area contributed by atoms with Gasteiger partial charge >= 0.3 is 0 Å². The van der Waals surface area contributed by atoms with Crippen LogP contribution < -0.4 is 22.3 Å². The Morgan fingerprint density at radius 3 is 2.51 bits per heavy atom. The molecule has 16 heteroatoms. The van der Waals surface area contributed by atoms with Gasteiger partial charge in [-0.25, -0.2) is 4.84 Å². The Kier molecular flexibility index (Phi) is 10.2. The van der Waals surface area contributed by atoms with Crippen LogP contribution in [0, 0.1) is 0 Å². The summed E-state index contributed by atoms with van der Waals surface area (Å²) < 4.78 is 22.9. The molecule has 2 fully saturated rings. The zero-order valence-electron chi connectivity index (χ0n) is 19.1. The van der Waals surface area contributed by atoms with Crippen molar-refractivity contribution >= 4 is 0 Å². The predicted molar refractivity (Wildman–Crippen MR) is 113 cm³/mol. The lowest BCUT2D eigenvalue weighted by Gasteiger charge is -2.46. The summed E-state index contributed by atoms with van der Waals surface area (Å²) in [6.07, 6.45) is -5.82. The molecule has 1 saturated carbocycles. The van der Waals surface area contributed by atoms with Crippen molar-refractivity contribution in [1.82, 2.24) is 16.2 Å². The van der Waals surface area contributed by atoms with Crippen molar-refractivity contribution in [2.24, 2.45) is 11.5 Å². The van der Waals surface area contributed by atoms with E-state index in [-0.39, 0.29) is 26.0 Å². The van der Waals surface area contributed by atoms with E-state index in [0.29, 0.717) is 11.3 Å². The van der Waals surface area contributed by atoms with E-state index in [1.54, 1.807) is 13.1 Å². The Morgan fingerprint density at radius 1 is 1.20 bits per heavy atom. The van der Waals surface area contributed by atoms with E-state index in [9.17, 15) is 20.5 Å². The average molecular weight is 510 g/mol. The molecule has 0 radical (unpaired) electrons. The van der Waals surface area contributed by atoms with Gasteiger partial charge in [0.25, 0.3) is 0 Å². The van der Waals surface area contributed by atoms with Crippen molar-refractivity contribution in [3.8, 4) is 0 Å². The van der Waals surface area contributed by atoms with Crippen molar-refractivity contribution in [3.63, 3.8) is 0 Å². The Morgan fingerprint density at radius 2 is 1.91 bits per heavy atom. The van der Waals surface area contributed by atoms with Gasteiger partial charge in [0.2, 0.25) is 6.29 Å². The lowest BCUT2D eigenvalue weighted by Crippen LogP contribution is -2.66. The third-order valence-electron chi connectivity index (χ3n) is 6.26. The second-order valence-corrected chi connectivity index (χ2v) is 8.46. The molecule has 1 unspecified atom stereocenters. The van der Waals surface area contributed by atoms with Gasteiger partial charge in [-0.3, -0.25) is 10.4 Å². The van der Waals surface area contributed by atoms with Crippen molar-refractivity contribution in [1.29, 1.82) is 0 Å². The fourth-order valence-electron chi connectivity index (χ4n) is 4.46. The van der Waals surface area contributed by atoms with Crippen LogP contribution in [0.1, 0.15) is 12.8 Å². The molecule has 0 aromatic rings. The number of aliphatic hydroxyl groups is 3. The Bertz CT molecular complexity index is 744. The molecule has 16 nitrogen and oxygen atoms in total. The van der Waals surface area contributed by atoms with Gasteiger partial charge in [-0.2, -0.15) is 5.48 Å². The molecule has 0 amide bonds. The number of nitrogens with one attached hydrogen (secondary N) is 2. The SMILES string of the molecule is CN[C@H]1/C(=C\O)CO[C@H](O[C@H]2[C@H](NO)C[C@H](N)C(O[C@H]3OC(CN)=CC[C@H]3ON(O)O)[C@@H]2O)[C@@H]1O. The van der Waals surface area contributed by atoms with Crippen molar-refractivity contribution in [3.05, 3.63) is 23.7 Å². The maximum atomic E-state index is 11.1. The number of aliphatic hydroxyl groups excluding tert-OH is 3. The first-order valence-corrected chi connectivity index (χ1v) is 11.1. The number of hydrogen-bond donors (Lipinski definition) is 10. The molecular weight excluding hydrogens is 474 g/mol. The van der Waals surface area contributed by atoms with E-state index in [1.165, 1.54) is 0 Å². The van der Waals surface area contributed by atoms with Crippen molar-refractivity contribution in [2.45, 2.75) is 74.1 Å². The molecule has 1 aliphatic carbocycles. The number of nitrogens with zero attached hydrogens (tertiary/aromatic N) is 1. The minimum absolute atomic E-state index is 0.0455. The molecule has 3 rings (SSSR count). The van der Waals surface area contributed by atoms with E-state index >= 15 is 0 Å². The van der Waals surface area contributed by atoms with Crippen LogP contribution in [-0.2, 0) is 23.8 Å². The lowest BCUT2D eigenvalue weighted by molar-refractivity contribution is -0.515. The van der Waals surface area contributed by atoms with Gasteiger partial charge < -0.3 is 56.3 Å². The van der Waals surface area contributed by atoms with Gasteiger partial charge in [0.1, 0.15) is 36.3 Å². The summed E-state index contributed by atoms with van der Waals surface area (Å²) >= 11 is 0. The molecule has 35 heavy (non-hydrogen) atoms. The maximum Gasteiger partial charge on any atom is 0.228 e. The lowest BCUT2D eigenvalue weighted by atomic mass is 9.84. The highest BCUT2D eigenvalue weighted by molar-refractivity contribution is 5.14. The van der Waals surface area contributed by atoms with Crippen LogP contribution in [0.15, 0.2) is 23.7 Å². The second kappa shape index (κ2) is 12.7. The Balaban J connectivity index is 1.76. The largest absolute Gasteiger partial charge is 0.515 e. The molecule has 12 N–H and O–H groups in total. The smallest absolute Gasteiger partial charge is 0.228 e. The van der Waals surface area contributed by atoms with E-state index in [2.05, 4.69) is 10.8 Å². The highest BCUT2D eigenvalue weighted by Crippen LogP contribution is 2.31. The third-order valence-corrected chi connectivity index (χ3v) is 6.26. The summed E-state index contributed by atoms with van der Waals surface area (Å²) in [6, 6.07) is -2.36. The summed E-state index contributed by atoms with van der Waals surface area (Å²) in [4.78, 5) is 4.88. The van der Waals surface area contributed by atoms with Gasteiger partial charge in [0.05, 0.1) is 36.9 Å². The molecule has 1 saturated heterocycles. The quantitative estimate of drug-likeness (QED) is 0.109.